The van der Waals surface area contributed by atoms with Crippen LogP contribution in [-0.2, 0) is 4.74 Å². The van der Waals surface area contributed by atoms with E-state index in [2.05, 4.69) is 76.6 Å². The van der Waals surface area contributed by atoms with Crippen molar-refractivity contribution in [3.63, 3.8) is 0 Å². The van der Waals surface area contributed by atoms with Crippen molar-refractivity contribution in [3.05, 3.63) is 34.3 Å². The van der Waals surface area contributed by atoms with Gasteiger partial charge in [0.2, 0.25) is 0 Å². The van der Waals surface area contributed by atoms with Gasteiger partial charge in [0.05, 0.1) is 12.7 Å². The minimum absolute atomic E-state index is 0.216. The zero-order valence-electron chi connectivity index (χ0n) is 11.9. The molecule has 0 N–H and O–H groups in total. The molecule has 0 saturated heterocycles. The quantitative estimate of drug-likeness (QED) is 0.331. The fourth-order valence-corrected chi connectivity index (χ4v) is 3.27. The van der Waals surface area contributed by atoms with Gasteiger partial charge in [-0.25, -0.2) is 0 Å². The van der Waals surface area contributed by atoms with Gasteiger partial charge in [0.1, 0.15) is 0 Å². The number of halogens is 2. The summed E-state index contributed by atoms with van der Waals surface area (Å²) in [5.74, 6) is 0.706. The molecule has 0 aliphatic rings. The van der Waals surface area contributed by atoms with Gasteiger partial charge < -0.3 is 4.74 Å². The molecular formula is C16H24BrIO. The van der Waals surface area contributed by atoms with E-state index < -0.39 is 0 Å². The first-order chi connectivity index (χ1) is 9.21. The number of rotatable bonds is 9. The van der Waals surface area contributed by atoms with Gasteiger partial charge in [0, 0.05) is 8.90 Å². The molecule has 2 atom stereocenters. The van der Waals surface area contributed by atoms with Gasteiger partial charge in [0.15, 0.2) is 0 Å². The number of hydrogen-bond acceptors (Lipinski definition) is 1. The predicted molar refractivity (Wildman–Crippen MR) is 95.0 cm³/mol. The van der Waals surface area contributed by atoms with E-state index in [1.807, 2.05) is 0 Å². The summed E-state index contributed by atoms with van der Waals surface area (Å²) >= 11 is 5.94. The number of unbranched alkanes of at least 4 members (excludes halogenated alkanes) is 1. The lowest BCUT2D eigenvalue weighted by Crippen LogP contribution is -2.14. The Bertz CT molecular complexity index is 356. The van der Waals surface area contributed by atoms with Crippen LogP contribution in [0.5, 0.6) is 0 Å². The number of ether oxygens (including phenoxy) is 1. The monoisotopic (exact) mass is 438 g/mol. The summed E-state index contributed by atoms with van der Waals surface area (Å²) in [6.07, 6.45) is 5.31. The molecule has 0 fully saturated rings. The van der Waals surface area contributed by atoms with E-state index in [4.69, 9.17) is 4.74 Å². The summed E-state index contributed by atoms with van der Waals surface area (Å²) in [5, 5.41) is 0. The summed E-state index contributed by atoms with van der Waals surface area (Å²) in [6.45, 7) is 5.40. The van der Waals surface area contributed by atoms with Crippen LogP contribution in [0.15, 0.2) is 28.7 Å². The molecule has 0 aromatic heterocycles. The third-order valence-electron chi connectivity index (χ3n) is 3.44. The summed E-state index contributed by atoms with van der Waals surface area (Å²) in [5.41, 5.74) is 1.27. The van der Waals surface area contributed by atoms with Crippen molar-refractivity contribution in [3.8, 4) is 0 Å². The molecule has 0 amide bonds. The van der Waals surface area contributed by atoms with Crippen LogP contribution < -0.4 is 0 Å². The van der Waals surface area contributed by atoms with E-state index in [0.29, 0.717) is 5.92 Å². The van der Waals surface area contributed by atoms with Crippen molar-refractivity contribution in [1.82, 2.24) is 0 Å². The van der Waals surface area contributed by atoms with Crippen molar-refractivity contribution in [2.45, 2.75) is 45.6 Å². The van der Waals surface area contributed by atoms with Crippen LogP contribution >= 0.6 is 38.5 Å². The lowest BCUT2D eigenvalue weighted by Gasteiger charge is -2.21. The van der Waals surface area contributed by atoms with Gasteiger partial charge in [-0.05, 0) is 30.0 Å². The third kappa shape index (κ3) is 6.58. The third-order valence-corrected chi connectivity index (χ3v) is 4.73. The molecule has 0 radical (unpaired) electrons. The topological polar surface area (TPSA) is 9.23 Å². The zero-order valence-corrected chi connectivity index (χ0v) is 15.6. The van der Waals surface area contributed by atoms with Crippen LogP contribution in [0.4, 0.5) is 0 Å². The Morgan fingerprint density at radius 1 is 1.32 bits per heavy atom. The van der Waals surface area contributed by atoms with Crippen LogP contribution in [0.3, 0.4) is 0 Å². The van der Waals surface area contributed by atoms with Gasteiger partial charge in [-0.15, -0.1) is 0 Å². The Labute approximate surface area is 139 Å². The normalized spacial score (nSPS) is 14.3. The zero-order chi connectivity index (χ0) is 14.1. The molecule has 2 unspecified atom stereocenters. The molecule has 0 heterocycles. The van der Waals surface area contributed by atoms with E-state index in [9.17, 15) is 0 Å². The van der Waals surface area contributed by atoms with Crippen LogP contribution in [0.2, 0.25) is 0 Å². The van der Waals surface area contributed by atoms with Crippen LogP contribution in [0, 0.1) is 5.92 Å². The maximum Gasteiger partial charge on any atom is 0.0914 e. The van der Waals surface area contributed by atoms with E-state index in [-0.39, 0.29) is 6.10 Å². The first-order valence-corrected chi connectivity index (χ1v) is 9.46. The highest BCUT2D eigenvalue weighted by Gasteiger charge is 2.14. The number of benzene rings is 1. The van der Waals surface area contributed by atoms with Gasteiger partial charge >= 0.3 is 0 Å². The highest BCUT2D eigenvalue weighted by molar-refractivity contribution is 14.1. The molecule has 1 aromatic carbocycles. The van der Waals surface area contributed by atoms with Crippen molar-refractivity contribution in [2.75, 3.05) is 11.0 Å². The van der Waals surface area contributed by atoms with E-state index >= 15 is 0 Å². The Morgan fingerprint density at radius 2 is 2.11 bits per heavy atom. The smallest absolute Gasteiger partial charge is 0.0914 e. The van der Waals surface area contributed by atoms with Gasteiger partial charge in [-0.3, -0.25) is 0 Å². The highest BCUT2D eigenvalue weighted by Crippen LogP contribution is 2.25. The second-order valence-electron chi connectivity index (χ2n) is 4.95. The van der Waals surface area contributed by atoms with E-state index in [1.54, 1.807) is 0 Å². The Morgan fingerprint density at radius 3 is 2.68 bits per heavy atom. The summed E-state index contributed by atoms with van der Waals surface area (Å²) in [6, 6.07) is 8.46. The first kappa shape index (κ1) is 17.4. The summed E-state index contributed by atoms with van der Waals surface area (Å²) < 4.78 is 8.28. The molecule has 0 saturated carbocycles. The van der Waals surface area contributed by atoms with Gasteiger partial charge in [-0.1, -0.05) is 83.8 Å². The number of alkyl halides is 1. The Hall–Kier alpha value is 0.390. The van der Waals surface area contributed by atoms with Crippen LogP contribution in [0.1, 0.15) is 51.2 Å². The molecule has 3 heteroatoms. The maximum atomic E-state index is 6.15. The fourth-order valence-electron chi connectivity index (χ4n) is 2.09. The first-order valence-electron chi connectivity index (χ1n) is 7.14. The average molecular weight is 439 g/mol. The van der Waals surface area contributed by atoms with Crippen molar-refractivity contribution in [1.29, 1.82) is 0 Å². The largest absolute Gasteiger partial charge is 0.372 e. The molecule has 0 aliphatic carbocycles. The minimum Gasteiger partial charge on any atom is -0.372 e. The van der Waals surface area contributed by atoms with Gasteiger partial charge in [-0.2, -0.15) is 0 Å². The molecule has 108 valence electrons. The molecule has 0 bridgehead atoms. The molecule has 0 aliphatic heterocycles. The standard InChI is InChI=1S/C16H24BrIO/c1-3-5-7-13(4-2)12-19-16(11-18)14-8-6-9-15(17)10-14/h6,8-10,13,16H,3-5,7,11-12H2,1-2H3. The lowest BCUT2D eigenvalue weighted by atomic mass is 10.0. The van der Waals surface area contributed by atoms with Crippen LogP contribution in [-0.4, -0.2) is 11.0 Å². The highest BCUT2D eigenvalue weighted by atomic mass is 127. The predicted octanol–water partition coefficient (Wildman–Crippen LogP) is 6.16. The van der Waals surface area contributed by atoms with Gasteiger partial charge in [0.25, 0.3) is 0 Å². The summed E-state index contributed by atoms with van der Waals surface area (Å²) in [7, 11) is 0. The SMILES string of the molecule is CCCCC(CC)COC(CI)c1cccc(Br)c1. The van der Waals surface area contributed by atoms with Crippen molar-refractivity contribution in [2.24, 2.45) is 5.92 Å². The van der Waals surface area contributed by atoms with E-state index in [1.165, 1.54) is 31.2 Å². The molecule has 1 rings (SSSR count). The molecule has 1 nitrogen and oxygen atoms in total. The minimum atomic E-state index is 0.216. The molecule has 1 aromatic rings. The lowest BCUT2D eigenvalue weighted by molar-refractivity contribution is 0.0402. The fraction of sp³-hybridized carbons (Fsp3) is 0.625. The Kier molecular flexibility index (Phi) is 9.33. The van der Waals surface area contributed by atoms with Crippen molar-refractivity contribution >= 4 is 38.5 Å². The Balaban J connectivity index is 2.52. The molecule has 19 heavy (non-hydrogen) atoms. The van der Waals surface area contributed by atoms with Crippen LogP contribution in [0.25, 0.3) is 0 Å². The number of hydrogen-bond donors (Lipinski definition) is 0. The average Bonchev–Trinajstić information content (AvgIpc) is 2.43. The van der Waals surface area contributed by atoms with E-state index in [0.717, 1.165) is 15.5 Å². The molecular weight excluding hydrogens is 415 g/mol. The second kappa shape index (κ2) is 10.2. The van der Waals surface area contributed by atoms with Crippen molar-refractivity contribution < 1.29 is 4.74 Å². The summed E-state index contributed by atoms with van der Waals surface area (Å²) in [4.78, 5) is 0. The second-order valence-corrected chi connectivity index (χ2v) is 6.74. The molecule has 0 spiro atoms. The maximum absolute atomic E-state index is 6.15.